The number of halogens is 2. The normalized spacial score (nSPS) is 11.1. The Kier molecular flexibility index (Phi) is 5.69. The summed E-state index contributed by atoms with van der Waals surface area (Å²) in [7, 11) is 0. The lowest BCUT2D eigenvalue weighted by Crippen LogP contribution is -2.19. The van der Waals surface area contributed by atoms with E-state index in [4.69, 9.17) is 32.7 Å². The lowest BCUT2D eigenvalue weighted by molar-refractivity contribution is -0.148. The first-order valence-electron chi connectivity index (χ1n) is 8.15. The number of hydrogen-bond acceptors (Lipinski definition) is 4. The molecule has 7 heteroatoms. The van der Waals surface area contributed by atoms with Gasteiger partial charge in [0.1, 0.15) is 24.7 Å². The molecule has 0 aliphatic heterocycles. The number of esters is 1. The maximum absolute atomic E-state index is 12.1. The molecule has 3 rings (SSSR count). The van der Waals surface area contributed by atoms with E-state index in [1.54, 1.807) is 22.8 Å². The second-order valence-electron chi connectivity index (χ2n) is 6.00. The van der Waals surface area contributed by atoms with Gasteiger partial charge in [0.15, 0.2) is 0 Å². The summed E-state index contributed by atoms with van der Waals surface area (Å²) in [5.74, 6) is 0.784. The Morgan fingerprint density at radius 2 is 1.96 bits per heavy atom. The zero-order valence-corrected chi connectivity index (χ0v) is 15.9. The van der Waals surface area contributed by atoms with Crippen LogP contribution < -0.4 is 4.74 Å². The third-order valence-corrected chi connectivity index (χ3v) is 4.17. The lowest BCUT2D eigenvalue weighted by Gasteiger charge is -2.12. The van der Waals surface area contributed by atoms with Crippen molar-refractivity contribution >= 4 is 40.2 Å². The number of hydrogen-bond donors (Lipinski definition) is 0. The smallest absolute Gasteiger partial charge is 0.326 e. The van der Waals surface area contributed by atoms with Gasteiger partial charge >= 0.3 is 5.97 Å². The van der Waals surface area contributed by atoms with Crippen LogP contribution >= 0.6 is 23.2 Å². The first-order valence-corrected chi connectivity index (χ1v) is 8.91. The Labute approximate surface area is 161 Å². The van der Waals surface area contributed by atoms with Crippen LogP contribution in [0.25, 0.3) is 11.0 Å². The van der Waals surface area contributed by atoms with Crippen LogP contribution in [0.5, 0.6) is 5.75 Å². The van der Waals surface area contributed by atoms with Crippen molar-refractivity contribution in [3.05, 3.63) is 58.3 Å². The number of nitrogens with zero attached hydrogens (tertiary/aromatic N) is 2. The van der Waals surface area contributed by atoms with Gasteiger partial charge in [-0.25, -0.2) is 4.98 Å². The molecular weight excluding hydrogens is 375 g/mol. The topological polar surface area (TPSA) is 53.4 Å². The van der Waals surface area contributed by atoms with Crippen molar-refractivity contribution in [2.75, 3.05) is 0 Å². The van der Waals surface area contributed by atoms with Gasteiger partial charge in [-0.05, 0) is 44.2 Å². The Hall–Kier alpha value is -2.24. The number of carbonyl (C=O) groups is 1. The van der Waals surface area contributed by atoms with Crippen LogP contribution in [0.15, 0.2) is 42.5 Å². The standard InChI is InChI=1S/C19H18Cl2N2O3/c1-12(2)26-19(24)10-23-16-6-4-3-5-15(16)22-18(23)11-25-17-8-7-13(20)9-14(17)21/h3-9,12H,10-11H2,1-2H3. The second-order valence-corrected chi connectivity index (χ2v) is 6.85. The van der Waals surface area contributed by atoms with E-state index in [1.165, 1.54) is 0 Å². The molecule has 136 valence electrons. The first-order chi connectivity index (χ1) is 12.4. The maximum atomic E-state index is 12.1. The van der Waals surface area contributed by atoms with Crippen LogP contribution in [0, 0.1) is 0 Å². The summed E-state index contributed by atoms with van der Waals surface area (Å²) >= 11 is 12.0. The van der Waals surface area contributed by atoms with Gasteiger partial charge in [0.25, 0.3) is 0 Å². The average Bonchev–Trinajstić information content (AvgIpc) is 2.91. The predicted molar refractivity (Wildman–Crippen MR) is 102 cm³/mol. The fourth-order valence-corrected chi connectivity index (χ4v) is 3.04. The molecule has 2 aromatic carbocycles. The molecule has 0 spiro atoms. The molecule has 0 bridgehead atoms. The second kappa shape index (κ2) is 7.98. The number of fused-ring (bicyclic) bond motifs is 1. The van der Waals surface area contributed by atoms with Gasteiger partial charge in [0, 0.05) is 5.02 Å². The zero-order chi connectivity index (χ0) is 18.7. The predicted octanol–water partition coefficient (Wildman–Crippen LogP) is 4.87. The molecule has 0 atom stereocenters. The summed E-state index contributed by atoms with van der Waals surface area (Å²) in [6.07, 6.45) is -0.176. The van der Waals surface area contributed by atoms with Gasteiger partial charge in [-0.2, -0.15) is 0 Å². The molecule has 0 aliphatic carbocycles. The van der Waals surface area contributed by atoms with E-state index in [-0.39, 0.29) is 25.2 Å². The number of aromatic nitrogens is 2. The number of rotatable bonds is 6. The largest absolute Gasteiger partial charge is 0.484 e. The van der Waals surface area contributed by atoms with Crippen molar-refractivity contribution < 1.29 is 14.3 Å². The van der Waals surface area contributed by atoms with Gasteiger partial charge in [-0.15, -0.1) is 0 Å². The van der Waals surface area contributed by atoms with E-state index in [9.17, 15) is 4.79 Å². The Morgan fingerprint density at radius 3 is 2.69 bits per heavy atom. The molecule has 0 N–H and O–H groups in total. The summed E-state index contributed by atoms with van der Waals surface area (Å²) in [4.78, 5) is 16.7. The summed E-state index contributed by atoms with van der Waals surface area (Å²) < 4.78 is 12.8. The molecule has 0 saturated heterocycles. The van der Waals surface area contributed by atoms with E-state index < -0.39 is 0 Å². The molecule has 0 amide bonds. The molecule has 26 heavy (non-hydrogen) atoms. The number of carbonyl (C=O) groups excluding carboxylic acids is 1. The molecule has 0 aliphatic rings. The van der Waals surface area contributed by atoms with Crippen molar-refractivity contribution in [3.8, 4) is 5.75 Å². The third kappa shape index (κ3) is 4.29. The van der Waals surface area contributed by atoms with Gasteiger partial charge in [-0.1, -0.05) is 35.3 Å². The highest BCUT2D eigenvalue weighted by Gasteiger charge is 2.16. The third-order valence-electron chi connectivity index (χ3n) is 3.64. The SMILES string of the molecule is CC(C)OC(=O)Cn1c(COc2ccc(Cl)cc2Cl)nc2ccccc21. The summed E-state index contributed by atoms with van der Waals surface area (Å²) in [6, 6.07) is 12.6. The number of benzene rings is 2. The minimum atomic E-state index is -0.325. The summed E-state index contributed by atoms with van der Waals surface area (Å²) in [5.41, 5.74) is 1.62. The molecule has 0 saturated carbocycles. The van der Waals surface area contributed by atoms with E-state index >= 15 is 0 Å². The van der Waals surface area contributed by atoms with Crippen molar-refractivity contribution in [2.45, 2.75) is 33.1 Å². The summed E-state index contributed by atoms with van der Waals surface area (Å²) in [6.45, 7) is 3.85. The van der Waals surface area contributed by atoms with E-state index in [0.717, 1.165) is 11.0 Å². The van der Waals surface area contributed by atoms with Crippen molar-refractivity contribution in [3.63, 3.8) is 0 Å². The minimum absolute atomic E-state index is 0.0612. The van der Waals surface area contributed by atoms with Crippen LogP contribution in [0.2, 0.25) is 10.0 Å². The Bertz CT molecular complexity index is 938. The molecule has 1 heterocycles. The fourth-order valence-electron chi connectivity index (χ4n) is 2.58. The van der Waals surface area contributed by atoms with Gasteiger partial charge in [0.2, 0.25) is 0 Å². The van der Waals surface area contributed by atoms with Crippen LogP contribution in [0.1, 0.15) is 19.7 Å². The number of para-hydroxylation sites is 2. The fraction of sp³-hybridized carbons (Fsp3) is 0.263. The summed E-state index contributed by atoms with van der Waals surface area (Å²) in [5, 5.41) is 0.949. The lowest BCUT2D eigenvalue weighted by atomic mass is 10.3. The first kappa shape index (κ1) is 18.5. The highest BCUT2D eigenvalue weighted by atomic mass is 35.5. The quantitative estimate of drug-likeness (QED) is 0.561. The van der Waals surface area contributed by atoms with Gasteiger partial charge in [0.05, 0.1) is 22.2 Å². The van der Waals surface area contributed by atoms with Crippen molar-refractivity contribution in [1.82, 2.24) is 9.55 Å². The molecule has 0 unspecified atom stereocenters. The van der Waals surface area contributed by atoms with Crippen molar-refractivity contribution in [2.24, 2.45) is 0 Å². The van der Waals surface area contributed by atoms with E-state index in [0.29, 0.717) is 21.6 Å². The van der Waals surface area contributed by atoms with Gasteiger partial charge in [-0.3, -0.25) is 4.79 Å². The van der Waals surface area contributed by atoms with E-state index in [2.05, 4.69) is 4.98 Å². The molecule has 1 aromatic heterocycles. The molecule has 3 aromatic rings. The number of ether oxygens (including phenoxy) is 2. The van der Waals surface area contributed by atoms with Crippen LogP contribution in [-0.2, 0) is 22.7 Å². The molecule has 0 fully saturated rings. The van der Waals surface area contributed by atoms with E-state index in [1.807, 2.05) is 38.1 Å². The molecule has 0 radical (unpaired) electrons. The zero-order valence-electron chi connectivity index (χ0n) is 14.4. The number of imidazole rings is 1. The molecular formula is C19H18Cl2N2O3. The highest BCUT2D eigenvalue weighted by molar-refractivity contribution is 6.35. The maximum Gasteiger partial charge on any atom is 0.326 e. The minimum Gasteiger partial charge on any atom is -0.484 e. The Balaban J connectivity index is 1.87. The van der Waals surface area contributed by atoms with Crippen molar-refractivity contribution in [1.29, 1.82) is 0 Å². The van der Waals surface area contributed by atoms with Crippen LogP contribution in [0.4, 0.5) is 0 Å². The monoisotopic (exact) mass is 392 g/mol. The molecule has 5 nitrogen and oxygen atoms in total. The van der Waals surface area contributed by atoms with Crippen LogP contribution in [-0.4, -0.2) is 21.6 Å². The average molecular weight is 393 g/mol. The Morgan fingerprint density at radius 1 is 1.19 bits per heavy atom. The highest BCUT2D eigenvalue weighted by Crippen LogP contribution is 2.28. The van der Waals surface area contributed by atoms with Crippen LogP contribution in [0.3, 0.4) is 0 Å². The van der Waals surface area contributed by atoms with Gasteiger partial charge < -0.3 is 14.0 Å².